The molecular weight excluding hydrogens is 282 g/mol. The van der Waals surface area contributed by atoms with Gasteiger partial charge in [0.05, 0.1) is 10.5 Å². The van der Waals surface area contributed by atoms with Crippen LogP contribution < -0.4 is 4.72 Å². The van der Waals surface area contributed by atoms with Gasteiger partial charge in [-0.3, -0.25) is 9.82 Å². The van der Waals surface area contributed by atoms with Crippen LogP contribution in [0.5, 0.6) is 0 Å². The molecule has 0 aliphatic carbocycles. The quantitative estimate of drug-likeness (QED) is 0.773. The van der Waals surface area contributed by atoms with Gasteiger partial charge in [-0.1, -0.05) is 13.0 Å². The first-order chi connectivity index (χ1) is 9.42. The molecule has 0 fully saturated rings. The van der Waals surface area contributed by atoms with E-state index in [0.717, 1.165) is 11.8 Å². The third kappa shape index (κ3) is 2.97. The Bertz CT molecular complexity index is 737. The van der Waals surface area contributed by atoms with Gasteiger partial charge in [0.25, 0.3) is 10.0 Å². The molecular formula is C12H13N3O4S. The van der Waals surface area contributed by atoms with Crippen LogP contribution in [0.3, 0.4) is 0 Å². The SMILES string of the molecule is CCc1cc(NS(=O)(=O)c2cccc(C(=O)O)c2)n[nH]1. The molecule has 1 aromatic heterocycles. The molecule has 0 spiro atoms. The molecule has 3 N–H and O–H groups in total. The van der Waals surface area contributed by atoms with E-state index in [1.807, 2.05) is 6.92 Å². The smallest absolute Gasteiger partial charge is 0.335 e. The number of aryl methyl sites for hydroxylation is 1. The fraction of sp³-hybridized carbons (Fsp3) is 0.167. The van der Waals surface area contributed by atoms with Crippen molar-refractivity contribution in [1.29, 1.82) is 0 Å². The van der Waals surface area contributed by atoms with E-state index >= 15 is 0 Å². The fourth-order valence-electron chi connectivity index (χ4n) is 1.59. The van der Waals surface area contributed by atoms with Crippen molar-refractivity contribution in [1.82, 2.24) is 10.2 Å². The van der Waals surface area contributed by atoms with Crippen molar-refractivity contribution in [3.05, 3.63) is 41.6 Å². The van der Waals surface area contributed by atoms with Gasteiger partial charge in [-0.2, -0.15) is 5.10 Å². The number of carboxylic acids is 1. The summed E-state index contributed by atoms with van der Waals surface area (Å²) in [5, 5.41) is 15.4. The molecule has 0 saturated carbocycles. The van der Waals surface area contributed by atoms with E-state index < -0.39 is 16.0 Å². The first-order valence-corrected chi connectivity index (χ1v) is 7.31. The summed E-state index contributed by atoms with van der Waals surface area (Å²) in [6, 6.07) is 6.70. The van der Waals surface area contributed by atoms with Crippen LogP contribution in [0.25, 0.3) is 0 Å². The number of aromatic nitrogens is 2. The number of hydrogen-bond donors (Lipinski definition) is 3. The highest BCUT2D eigenvalue weighted by Gasteiger charge is 2.17. The first kappa shape index (κ1) is 14.1. The van der Waals surface area contributed by atoms with Gasteiger partial charge < -0.3 is 5.11 Å². The third-order valence-electron chi connectivity index (χ3n) is 2.64. The second-order valence-electron chi connectivity index (χ2n) is 4.07. The van der Waals surface area contributed by atoms with E-state index in [0.29, 0.717) is 6.42 Å². The average molecular weight is 295 g/mol. The number of benzene rings is 1. The Morgan fingerprint density at radius 3 is 2.75 bits per heavy atom. The minimum atomic E-state index is -3.86. The van der Waals surface area contributed by atoms with Crippen molar-refractivity contribution in [2.75, 3.05) is 4.72 Å². The molecule has 8 heteroatoms. The number of hydrogen-bond acceptors (Lipinski definition) is 4. The van der Waals surface area contributed by atoms with Crippen molar-refractivity contribution in [2.45, 2.75) is 18.2 Å². The van der Waals surface area contributed by atoms with Crippen molar-refractivity contribution in [3.63, 3.8) is 0 Å². The Morgan fingerprint density at radius 2 is 2.15 bits per heavy atom. The van der Waals surface area contributed by atoms with Gasteiger partial charge in [0.15, 0.2) is 5.82 Å². The summed E-state index contributed by atoms with van der Waals surface area (Å²) in [5.41, 5.74) is 0.700. The summed E-state index contributed by atoms with van der Waals surface area (Å²) in [5.74, 6) is -1.02. The summed E-state index contributed by atoms with van der Waals surface area (Å²) >= 11 is 0. The lowest BCUT2D eigenvalue weighted by Gasteiger charge is -2.05. The molecule has 0 aliphatic rings. The molecule has 0 bridgehead atoms. The normalized spacial score (nSPS) is 11.2. The summed E-state index contributed by atoms with van der Waals surface area (Å²) in [7, 11) is -3.86. The van der Waals surface area contributed by atoms with Gasteiger partial charge in [-0.15, -0.1) is 0 Å². The number of rotatable bonds is 5. The van der Waals surface area contributed by atoms with Gasteiger partial charge in [-0.25, -0.2) is 13.2 Å². The summed E-state index contributed by atoms with van der Waals surface area (Å²) in [6.07, 6.45) is 0.698. The van der Waals surface area contributed by atoms with Gasteiger partial charge in [0.2, 0.25) is 0 Å². The van der Waals surface area contributed by atoms with Crippen LogP contribution in [0, 0.1) is 0 Å². The van der Waals surface area contributed by atoms with Gasteiger partial charge in [0.1, 0.15) is 0 Å². The summed E-state index contributed by atoms with van der Waals surface area (Å²) < 4.78 is 26.5. The average Bonchev–Trinajstić information content (AvgIpc) is 2.86. The lowest BCUT2D eigenvalue weighted by atomic mass is 10.2. The number of anilines is 1. The zero-order valence-corrected chi connectivity index (χ0v) is 11.4. The van der Waals surface area contributed by atoms with E-state index in [1.165, 1.54) is 18.2 Å². The van der Waals surface area contributed by atoms with Gasteiger partial charge >= 0.3 is 5.97 Å². The summed E-state index contributed by atoms with van der Waals surface area (Å²) in [6.45, 7) is 1.90. The number of H-pyrrole nitrogens is 1. The van der Waals surface area contributed by atoms with Crippen LogP contribution in [0.4, 0.5) is 5.82 Å². The molecule has 0 amide bonds. The molecule has 106 valence electrons. The van der Waals surface area contributed by atoms with E-state index in [9.17, 15) is 13.2 Å². The zero-order valence-electron chi connectivity index (χ0n) is 10.6. The lowest BCUT2D eigenvalue weighted by Crippen LogP contribution is -2.14. The van der Waals surface area contributed by atoms with E-state index in [1.54, 1.807) is 6.07 Å². The van der Waals surface area contributed by atoms with Crippen LogP contribution in [0.2, 0.25) is 0 Å². The Labute approximate surface area is 115 Å². The monoisotopic (exact) mass is 295 g/mol. The Morgan fingerprint density at radius 1 is 1.40 bits per heavy atom. The highest BCUT2D eigenvalue weighted by molar-refractivity contribution is 7.92. The van der Waals surface area contributed by atoms with E-state index in [2.05, 4.69) is 14.9 Å². The van der Waals surface area contributed by atoms with Crippen molar-refractivity contribution in [3.8, 4) is 0 Å². The number of carboxylic acid groups (broad SMARTS) is 1. The molecule has 1 heterocycles. The first-order valence-electron chi connectivity index (χ1n) is 5.83. The predicted molar refractivity (Wildman–Crippen MR) is 72.2 cm³/mol. The van der Waals surface area contributed by atoms with Crippen LogP contribution in [-0.4, -0.2) is 29.7 Å². The largest absolute Gasteiger partial charge is 0.478 e. The minimum absolute atomic E-state index is 0.0934. The maximum atomic E-state index is 12.1. The molecule has 0 unspecified atom stereocenters. The molecule has 0 saturated heterocycles. The van der Waals surface area contributed by atoms with Crippen molar-refractivity contribution in [2.24, 2.45) is 0 Å². The number of carbonyl (C=O) groups is 1. The topological polar surface area (TPSA) is 112 Å². The van der Waals surface area contributed by atoms with Gasteiger partial charge in [-0.05, 0) is 24.6 Å². The number of nitrogens with zero attached hydrogens (tertiary/aromatic N) is 1. The van der Waals surface area contributed by atoms with Crippen LogP contribution >= 0.6 is 0 Å². The van der Waals surface area contributed by atoms with E-state index in [-0.39, 0.29) is 16.3 Å². The molecule has 1 aromatic carbocycles. The van der Waals surface area contributed by atoms with E-state index in [4.69, 9.17) is 5.11 Å². The second-order valence-corrected chi connectivity index (χ2v) is 5.75. The minimum Gasteiger partial charge on any atom is -0.478 e. The zero-order chi connectivity index (χ0) is 14.8. The number of sulfonamides is 1. The Hall–Kier alpha value is -2.35. The summed E-state index contributed by atoms with van der Waals surface area (Å²) in [4.78, 5) is 10.7. The predicted octanol–water partition coefficient (Wildman–Crippen LogP) is 1.47. The standard InChI is InChI=1S/C12H13N3O4S/c1-2-9-7-11(14-13-9)15-20(18,19)10-5-3-4-8(6-10)12(16)17/h3-7H,2H2,1H3,(H,16,17)(H2,13,14,15). The Balaban J connectivity index is 2.30. The van der Waals surface area contributed by atoms with Crippen molar-refractivity contribution < 1.29 is 18.3 Å². The molecule has 20 heavy (non-hydrogen) atoms. The van der Waals surface area contributed by atoms with Gasteiger partial charge in [0, 0.05) is 11.8 Å². The highest BCUT2D eigenvalue weighted by atomic mass is 32.2. The number of aromatic carboxylic acids is 1. The molecule has 2 aromatic rings. The Kier molecular flexibility index (Phi) is 3.75. The maximum Gasteiger partial charge on any atom is 0.335 e. The molecule has 0 atom stereocenters. The number of nitrogens with one attached hydrogen (secondary N) is 2. The fourth-order valence-corrected chi connectivity index (χ4v) is 2.63. The maximum absolute atomic E-state index is 12.1. The molecule has 7 nitrogen and oxygen atoms in total. The molecule has 2 rings (SSSR count). The third-order valence-corrected chi connectivity index (χ3v) is 3.99. The lowest BCUT2D eigenvalue weighted by molar-refractivity contribution is 0.0696. The molecule has 0 radical (unpaired) electrons. The van der Waals surface area contributed by atoms with Crippen LogP contribution in [-0.2, 0) is 16.4 Å². The van der Waals surface area contributed by atoms with Crippen LogP contribution in [0.1, 0.15) is 23.0 Å². The second kappa shape index (κ2) is 5.33. The number of aromatic amines is 1. The van der Waals surface area contributed by atoms with Crippen LogP contribution in [0.15, 0.2) is 35.2 Å². The van der Waals surface area contributed by atoms with Crippen molar-refractivity contribution >= 4 is 21.8 Å². The highest BCUT2D eigenvalue weighted by Crippen LogP contribution is 2.16. The molecule has 0 aliphatic heterocycles.